The number of benzene rings is 2. The van der Waals surface area contributed by atoms with Gasteiger partial charge in [-0.05, 0) is 43.5 Å². The highest BCUT2D eigenvalue weighted by atomic mass is 79.9. The number of anilines is 1. The van der Waals surface area contributed by atoms with Gasteiger partial charge in [0.25, 0.3) is 0 Å². The van der Waals surface area contributed by atoms with E-state index in [1.165, 1.54) is 12.1 Å². The van der Waals surface area contributed by atoms with Gasteiger partial charge in [0.05, 0.1) is 11.1 Å². The summed E-state index contributed by atoms with van der Waals surface area (Å²) in [5.74, 6) is -0.591. The van der Waals surface area contributed by atoms with Crippen LogP contribution in [0, 0.1) is 11.2 Å². The summed E-state index contributed by atoms with van der Waals surface area (Å²) < 4.78 is 14.6. The van der Waals surface area contributed by atoms with E-state index in [1.54, 1.807) is 11.0 Å². The molecule has 2 aromatic carbocycles. The first-order chi connectivity index (χ1) is 13.4. The normalized spacial score (nSPS) is 19.2. The number of halogens is 2. The van der Waals surface area contributed by atoms with Gasteiger partial charge in [0.15, 0.2) is 0 Å². The molecule has 2 N–H and O–H groups in total. The molecule has 1 atom stereocenters. The topological polar surface area (TPSA) is 61.4 Å². The first-order valence-electron chi connectivity index (χ1n) is 9.21. The molecule has 0 aromatic heterocycles. The van der Waals surface area contributed by atoms with E-state index < -0.39 is 17.3 Å². The number of nitrogens with one attached hydrogen (secondary N) is 2. The van der Waals surface area contributed by atoms with Crippen LogP contribution in [0.3, 0.4) is 0 Å². The van der Waals surface area contributed by atoms with Crippen LogP contribution in [0.15, 0.2) is 53.0 Å². The summed E-state index contributed by atoms with van der Waals surface area (Å²) in [5, 5.41) is 5.57. The van der Waals surface area contributed by atoms with Crippen molar-refractivity contribution in [2.75, 3.05) is 18.4 Å². The summed E-state index contributed by atoms with van der Waals surface area (Å²) >= 11 is 3.19. The molecule has 1 saturated heterocycles. The predicted octanol–water partition coefficient (Wildman–Crippen LogP) is 4.54. The minimum atomic E-state index is -0.678. The second-order valence-corrected chi connectivity index (χ2v) is 8.22. The van der Waals surface area contributed by atoms with Gasteiger partial charge in [-0.3, -0.25) is 4.79 Å². The van der Waals surface area contributed by atoms with Crippen LogP contribution in [-0.2, 0) is 11.3 Å². The van der Waals surface area contributed by atoms with Crippen molar-refractivity contribution in [3.63, 3.8) is 0 Å². The molecule has 3 amide bonds. The van der Waals surface area contributed by atoms with Crippen LogP contribution in [0.25, 0.3) is 0 Å². The number of urea groups is 1. The number of likely N-dealkylation sites (tertiary alicyclic amines) is 1. The maximum atomic E-state index is 14.0. The molecule has 3 rings (SSSR count). The summed E-state index contributed by atoms with van der Waals surface area (Å²) in [6.45, 7) is 3.14. The van der Waals surface area contributed by atoms with Crippen molar-refractivity contribution < 1.29 is 14.0 Å². The van der Waals surface area contributed by atoms with Crippen molar-refractivity contribution >= 4 is 33.6 Å². The Morgan fingerprint density at radius 3 is 2.68 bits per heavy atom. The minimum Gasteiger partial charge on any atom is -0.351 e. The van der Waals surface area contributed by atoms with E-state index in [9.17, 15) is 14.0 Å². The fourth-order valence-electron chi connectivity index (χ4n) is 3.37. The summed E-state index contributed by atoms with van der Waals surface area (Å²) in [5.41, 5.74) is 0.465. The molecular weight excluding hydrogens is 425 g/mol. The Hall–Kier alpha value is -2.41. The van der Waals surface area contributed by atoms with E-state index in [0.29, 0.717) is 30.4 Å². The number of hydrogen-bond acceptors (Lipinski definition) is 2. The SMILES string of the molecule is C[C@]1(C(=O)NCc2ccccc2)CCCN(C(=O)Nc2ccc(Br)cc2F)C1. The van der Waals surface area contributed by atoms with E-state index in [4.69, 9.17) is 0 Å². The highest BCUT2D eigenvalue weighted by molar-refractivity contribution is 9.10. The van der Waals surface area contributed by atoms with Gasteiger partial charge in [0.1, 0.15) is 5.82 Å². The summed E-state index contributed by atoms with van der Waals surface area (Å²) in [4.78, 5) is 27.0. The molecule has 7 heteroatoms. The number of hydrogen-bond donors (Lipinski definition) is 2. The van der Waals surface area contributed by atoms with E-state index in [2.05, 4.69) is 26.6 Å². The molecule has 1 fully saturated rings. The number of nitrogens with zero attached hydrogens (tertiary/aromatic N) is 1. The Morgan fingerprint density at radius 1 is 1.21 bits per heavy atom. The zero-order valence-corrected chi connectivity index (χ0v) is 17.3. The lowest BCUT2D eigenvalue weighted by atomic mass is 9.81. The Balaban J connectivity index is 1.61. The number of amides is 3. The molecule has 28 heavy (non-hydrogen) atoms. The zero-order chi connectivity index (χ0) is 20.1. The smallest absolute Gasteiger partial charge is 0.321 e. The molecule has 1 aliphatic rings. The average Bonchev–Trinajstić information content (AvgIpc) is 2.69. The lowest BCUT2D eigenvalue weighted by Gasteiger charge is -2.39. The fraction of sp³-hybridized carbons (Fsp3) is 0.333. The van der Waals surface area contributed by atoms with Crippen LogP contribution < -0.4 is 10.6 Å². The average molecular weight is 448 g/mol. The van der Waals surface area contributed by atoms with E-state index >= 15 is 0 Å². The standard InChI is InChI=1S/C21H23BrFN3O2/c1-21(19(27)24-13-15-6-3-2-4-7-15)10-5-11-26(14-21)20(28)25-18-9-8-16(22)12-17(18)23/h2-4,6-9,12H,5,10-11,13-14H2,1H3,(H,24,27)(H,25,28)/t21-/m0/s1. The second kappa shape index (κ2) is 8.73. The Bertz CT molecular complexity index is 862. The third-order valence-corrected chi connectivity index (χ3v) is 5.49. The van der Waals surface area contributed by atoms with Crippen molar-refractivity contribution in [1.29, 1.82) is 0 Å². The summed E-state index contributed by atoms with van der Waals surface area (Å²) in [6.07, 6.45) is 1.41. The maximum absolute atomic E-state index is 14.0. The van der Waals surface area contributed by atoms with Crippen molar-refractivity contribution in [2.45, 2.75) is 26.3 Å². The number of carbonyl (C=O) groups excluding carboxylic acids is 2. The first kappa shape index (κ1) is 20.3. The maximum Gasteiger partial charge on any atom is 0.321 e. The van der Waals surface area contributed by atoms with Crippen LogP contribution in [0.5, 0.6) is 0 Å². The molecule has 0 bridgehead atoms. The predicted molar refractivity (Wildman–Crippen MR) is 110 cm³/mol. The summed E-state index contributed by atoms with van der Waals surface area (Å²) in [7, 11) is 0. The third-order valence-electron chi connectivity index (χ3n) is 5.00. The van der Waals surface area contributed by atoms with Crippen molar-refractivity contribution in [1.82, 2.24) is 10.2 Å². The van der Waals surface area contributed by atoms with Gasteiger partial charge < -0.3 is 15.5 Å². The van der Waals surface area contributed by atoms with E-state index in [0.717, 1.165) is 5.56 Å². The minimum absolute atomic E-state index is 0.0799. The molecule has 0 radical (unpaired) electrons. The number of carbonyl (C=O) groups is 2. The molecule has 148 valence electrons. The van der Waals surface area contributed by atoms with Crippen molar-refractivity contribution in [3.8, 4) is 0 Å². The van der Waals surface area contributed by atoms with Crippen molar-refractivity contribution in [3.05, 3.63) is 64.4 Å². The lowest BCUT2D eigenvalue weighted by molar-refractivity contribution is -0.132. The Labute approximate surface area is 172 Å². The Morgan fingerprint density at radius 2 is 1.96 bits per heavy atom. The highest BCUT2D eigenvalue weighted by Gasteiger charge is 2.39. The molecule has 0 unspecified atom stereocenters. The second-order valence-electron chi connectivity index (χ2n) is 7.31. The molecule has 0 aliphatic carbocycles. The van der Waals surface area contributed by atoms with Gasteiger partial charge in [-0.2, -0.15) is 0 Å². The van der Waals surface area contributed by atoms with Crippen LogP contribution in [-0.4, -0.2) is 29.9 Å². The largest absolute Gasteiger partial charge is 0.351 e. The van der Waals surface area contributed by atoms with Crippen LogP contribution >= 0.6 is 15.9 Å². The van der Waals surface area contributed by atoms with E-state index in [-0.39, 0.29) is 18.1 Å². The highest BCUT2D eigenvalue weighted by Crippen LogP contribution is 2.30. The van der Waals surface area contributed by atoms with Gasteiger partial charge >= 0.3 is 6.03 Å². The summed E-state index contributed by atoms with van der Waals surface area (Å²) in [6, 6.07) is 13.8. The molecule has 0 saturated carbocycles. The zero-order valence-electron chi connectivity index (χ0n) is 15.7. The Kier molecular flexibility index (Phi) is 6.34. The molecule has 2 aromatic rings. The van der Waals surface area contributed by atoms with Gasteiger partial charge in [-0.15, -0.1) is 0 Å². The van der Waals surface area contributed by atoms with Crippen LogP contribution in [0.1, 0.15) is 25.3 Å². The van der Waals surface area contributed by atoms with Crippen LogP contribution in [0.2, 0.25) is 0 Å². The van der Waals surface area contributed by atoms with E-state index in [1.807, 2.05) is 37.3 Å². The molecule has 1 heterocycles. The molecule has 5 nitrogen and oxygen atoms in total. The molecule has 0 spiro atoms. The van der Waals surface area contributed by atoms with Crippen molar-refractivity contribution in [2.24, 2.45) is 5.41 Å². The molecular formula is C21H23BrFN3O2. The third kappa shape index (κ3) is 4.90. The van der Waals surface area contributed by atoms with Crippen LogP contribution in [0.4, 0.5) is 14.9 Å². The van der Waals surface area contributed by atoms with Gasteiger partial charge in [-0.25, -0.2) is 9.18 Å². The lowest BCUT2D eigenvalue weighted by Crippen LogP contribution is -2.52. The molecule has 1 aliphatic heterocycles. The fourth-order valence-corrected chi connectivity index (χ4v) is 3.71. The monoisotopic (exact) mass is 447 g/mol. The number of rotatable bonds is 4. The van der Waals surface area contributed by atoms with Gasteiger partial charge in [-0.1, -0.05) is 46.3 Å². The van der Waals surface area contributed by atoms with Gasteiger partial charge in [0.2, 0.25) is 5.91 Å². The first-order valence-corrected chi connectivity index (χ1v) is 10.00. The van der Waals surface area contributed by atoms with Gasteiger partial charge in [0, 0.05) is 24.1 Å². The number of piperidine rings is 1. The quantitative estimate of drug-likeness (QED) is 0.722.